The van der Waals surface area contributed by atoms with E-state index in [-0.39, 0.29) is 16.9 Å². The fourth-order valence-electron chi connectivity index (χ4n) is 5.92. The van der Waals surface area contributed by atoms with E-state index < -0.39 is 119 Å². The Morgan fingerprint density at radius 2 is 1.46 bits per heavy atom. The number of hydrogen-bond acceptors (Lipinski definition) is 18. The van der Waals surface area contributed by atoms with E-state index in [4.69, 9.17) is 28.1 Å². The van der Waals surface area contributed by atoms with Crippen molar-refractivity contribution in [3.05, 3.63) is 76.5 Å². The minimum absolute atomic E-state index is 0.0339. The number of rotatable bonds is 9. The molecule has 0 saturated carbocycles. The molecule has 3 heterocycles. The maximum Gasteiger partial charge on any atom is 0.331 e. The minimum Gasteiger partial charge on any atom is -0.508 e. The van der Waals surface area contributed by atoms with Gasteiger partial charge in [-0.25, -0.2) is 4.79 Å². The Labute approximate surface area is 304 Å². The SMILES string of the molecule is CC1OC(OCC2OC(Oc3c(-c4ccc(O)c(O)c4)oc4cc(O)cc(O)c4c3=O)C(O)C(O)C2O)C(O)C(O)C1OC(=O)C=Cc1ccc(O)cc1. The molecule has 0 bridgehead atoms. The Hall–Kier alpha value is -5.44. The predicted octanol–water partition coefficient (Wildman–Crippen LogP) is 0.283. The van der Waals surface area contributed by atoms with Gasteiger partial charge in [0.25, 0.3) is 0 Å². The predicted molar refractivity (Wildman–Crippen MR) is 181 cm³/mol. The number of aliphatic hydroxyl groups is 5. The summed E-state index contributed by atoms with van der Waals surface area (Å²) in [4.78, 5) is 26.2. The van der Waals surface area contributed by atoms with Crippen LogP contribution in [0.5, 0.6) is 34.5 Å². The van der Waals surface area contributed by atoms with Gasteiger partial charge >= 0.3 is 5.97 Å². The normalized spacial score (nSPS) is 28.6. The average molecular weight is 757 g/mol. The van der Waals surface area contributed by atoms with Gasteiger partial charge in [0.1, 0.15) is 64.8 Å². The van der Waals surface area contributed by atoms with E-state index in [0.717, 1.165) is 30.3 Å². The molecule has 10 N–H and O–H groups in total. The Balaban J connectivity index is 1.18. The van der Waals surface area contributed by atoms with E-state index in [1.807, 2.05) is 0 Å². The van der Waals surface area contributed by atoms with Crippen molar-refractivity contribution in [2.45, 2.75) is 68.3 Å². The monoisotopic (exact) mass is 756 g/mol. The Bertz CT molecular complexity index is 2080. The highest BCUT2D eigenvalue weighted by Crippen LogP contribution is 2.39. The minimum atomic E-state index is -2.02. The van der Waals surface area contributed by atoms with E-state index in [9.17, 15) is 60.7 Å². The number of carbonyl (C=O) groups is 1. The summed E-state index contributed by atoms with van der Waals surface area (Å²) < 4.78 is 33.7. The number of aliphatic hydroxyl groups excluding tert-OH is 5. The highest BCUT2D eigenvalue weighted by atomic mass is 16.7. The molecule has 0 radical (unpaired) electrons. The van der Waals surface area contributed by atoms with Gasteiger partial charge in [-0.3, -0.25) is 4.79 Å². The van der Waals surface area contributed by atoms with Gasteiger partial charge in [-0.2, -0.15) is 0 Å². The molecule has 18 nitrogen and oxygen atoms in total. The summed E-state index contributed by atoms with van der Waals surface area (Å²) in [5.74, 6) is -4.30. The largest absolute Gasteiger partial charge is 0.508 e. The quantitative estimate of drug-likeness (QED) is 0.0623. The first kappa shape index (κ1) is 38.3. The zero-order valence-electron chi connectivity index (χ0n) is 28.1. The lowest BCUT2D eigenvalue weighted by Crippen LogP contribution is -2.62. The first-order valence-electron chi connectivity index (χ1n) is 16.3. The van der Waals surface area contributed by atoms with E-state index in [1.165, 1.54) is 31.2 Å². The van der Waals surface area contributed by atoms with Crippen LogP contribution in [0.3, 0.4) is 0 Å². The summed E-state index contributed by atoms with van der Waals surface area (Å²) in [6.07, 6.45) is -14.3. The molecule has 6 rings (SSSR count). The highest BCUT2D eigenvalue weighted by Gasteiger charge is 2.49. The lowest BCUT2D eigenvalue weighted by molar-refractivity contribution is -0.319. The van der Waals surface area contributed by atoms with Crippen LogP contribution in [0.25, 0.3) is 28.4 Å². The topological polar surface area (TPSA) is 296 Å². The summed E-state index contributed by atoms with van der Waals surface area (Å²) in [6.45, 7) is 0.764. The summed E-state index contributed by atoms with van der Waals surface area (Å²) >= 11 is 0. The van der Waals surface area contributed by atoms with Crippen LogP contribution >= 0.6 is 0 Å². The molecule has 2 aliphatic heterocycles. The second-order valence-electron chi connectivity index (χ2n) is 12.6. The van der Waals surface area contributed by atoms with Gasteiger partial charge in [-0.1, -0.05) is 12.1 Å². The summed E-state index contributed by atoms with van der Waals surface area (Å²) in [5, 5.41) is 103. The lowest BCUT2D eigenvalue weighted by atomic mass is 9.98. The first-order chi connectivity index (χ1) is 25.6. The molecular formula is C36H36O18. The lowest BCUT2D eigenvalue weighted by Gasteiger charge is -2.43. The van der Waals surface area contributed by atoms with Crippen molar-refractivity contribution in [3.8, 4) is 45.8 Å². The zero-order valence-corrected chi connectivity index (χ0v) is 28.1. The van der Waals surface area contributed by atoms with Crippen LogP contribution in [0, 0.1) is 0 Å². The van der Waals surface area contributed by atoms with Gasteiger partial charge in [0.05, 0.1) is 12.7 Å². The molecule has 0 aliphatic carbocycles. The summed E-state index contributed by atoms with van der Waals surface area (Å²) in [7, 11) is 0. The molecule has 54 heavy (non-hydrogen) atoms. The number of aromatic hydroxyl groups is 5. The van der Waals surface area contributed by atoms with Gasteiger partial charge < -0.3 is 79.2 Å². The second-order valence-corrected chi connectivity index (χ2v) is 12.6. The number of fused-ring (bicyclic) bond motifs is 1. The molecule has 288 valence electrons. The molecular weight excluding hydrogens is 720 g/mol. The third kappa shape index (κ3) is 7.77. The van der Waals surface area contributed by atoms with Crippen LogP contribution in [0.1, 0.15) is 12.5 Å². The molecule has 10 atom stereocenters. The van der Waals surface area contributed by atoms with Crippen LogP contribution in [0.15, 0.2) is 69.9 Å². The standard InChI is InChI=1S/C36H36O18/c1-14-32(53-24(42)9-4-15-2-6-17(37)7-3-15)29(46)31(48)35(50-14)49-13-23-26(43)28(45)30(47)36(52-23)54-34-27(44)25-21(41)11-18(38)12-22(25)51-33(34)16-5-8-19(39)20(40)10-16/h2-12,14,23,26,28-32,35-41,43,45-48H,13H2,1H3. The van der Waals surface area contributed by atoms with Gasteiger partial charge in [-0.15, -0.1) is 0 Å². The number of phenolic OH excluding ortho intramolecular Hbond substituents is 5. The highest BCUT2D eigenvalue weighted by molar-refractivity contribution is 5.88. The van der Waals surface area contributed by atoms with Crippen molar-refractivity contribution < 1.29 is 84.0 Å². The molecule has 1 aromatic heterocycles. The number of hydrogen-bond donors (Lipinski definition) is 10. The first-order valence-corrected chi connectivity index (χ1v) is 16.3. The molecule has 2 fully saturated rings. The smallest absolute Gasteiger partial charge is 0.331 e. The number of carbonyl (C=O) groups excluding carboxylic acids is 1. The Morgan fingerprint density at radius 1 is 0.759 bits per heavy atom. The Morgan fingerprint density at radius 3 is 2.17 bits per heavy atom. The van der Waals surface area contributed by atoms with Crippen molar-refractivity contribution >= 4 is 23.0 Å². The van der Waals surface area contributed by atoms with E-state index in [1.54, 1.807) is 12.1 Å². The van der Waals surface area contributed by atoms with Crippen molar-refractivity contribution in [1.82, 2.24) is 0 Å². The number of ether oxygens (including phenoxy) is 5. The van der Waals surface area contributed by atoms with E-state index in [0.29, 0.717) is 5.56 Å². The van der Waals surface area contributed by atoms with Crippen LogP contribution in [0.4, 0.5) is 0 Å². The molecule has 0 amide bonds. The third-order valence-corrected chi connectivity index (χ3v) is 8.82. The third-order valence-electron chi connectivity index (χ3n) is 8.82. The molecule has 4 aromatic rings. The van der Waals surface area contributed by atoms with Crippen LogP contribution in [0.2, 0.25) is 0 Å². The van der Waals surface area contributed by atoms with Gasteiger partial charge in [-0.05, 0) is 48.9 Å². The van der Waals surface area contributed by atoms with Gasteiger partial charge in [0, 0.05) is 23.8 Å². The molecule has 18 heteroatoms. The van der Waals surface area contributed by atoms with Gasteiger partial charge in [0.15, 0.2) is 29.7 Å². The zero-order chi connectivity index (χ0) is 39.0. The van der Waals surface area contributed by atoms with Gasteiger partial charge in [0.2, 0.25) is 17.5 Å². The fraction of sp³-hybridized carbons (Fsp3) is 0.333. The summed E-state index contributed by atoms with van der Waals surface area (Å²) in [6, 6.07) is 11.1. The van der Waals surface area contributed by atoms with Crippen molar-refractivity contribution in [3.63, 3.8) is 0 Å². The van der Waals surface area contributed by atoms with Crippen molar-refractivity contribution in [2.75, 3.05) is 6.61 Å². The van der Waals surface area contributed by atoms with Crippen LogP contribution in [-0.2, 0) is 23.7 Å². The molecule has 2 saturated heterocycles. The number of benzene rings is 3. The van der Waals surface area contributed by atoms with Crippen molar-refractivity contribution in [1.29, 1.82) is 0 Å². The molecule has 3 aromatic carbocycles. The number of phenols is 5. The van der Waals surface area contributed by atoms with Crippen molar-refractivity contribution in [2.24, 2.45) is 0 Å². The number of esters is 1. The maximum absolute atomic E-state index is 13.7. The Kier molecular flexibility index (Phi) is 11.0. The van der Waals surface area contributed by atoms with Crippen LogP contribution in [-0.4, -0.2) is 125 Å². The maximum atomic E-state index is 13.7. The van der Waals surface area contributed by atoms with Crippen LogP contribution < -0.4 is 10.2 Å². The van der Waals surface area contributed by atoms with E-state index >= 15 is 0 Å². The average Bonchev–Trinajstić information content (AvgIpc) is 3.13. The van der Waals surface area contributed by atoms with E-state index in [2.05, 4.69) is 0 Å². The second kappa shape index (κ2) is 15.5. The fourth-order valence-corrected chi connectivity index (χ4v) is 5.92. The summed E-state index contributed by atoms with van der Waals surface area (Å²) in [5.41, 5.74) is -0.845. The molecule has 2 aliphatic rings. The molecule has 10 unspecified atom stereocenters. The molecule has 0 spiro atoms.